The molecule has 1 aliphatic rings. The molecule has 3 atom stereocenters. The Hall–Kier alpha value is -0.590. The summed E-state index contributed by atoms with van der Waals surface area (Å²) >= 11 is 3.35. The van der Waals surface area contributed by atoms with Crippen LogP contribution in [0.4, 0.5) is 13.2 Å². The molecule has 21 heavy (non-hydrogen) atoms. The quantitative estimate of drug-likeness (QED) is 0.620. The topological polar surface area (TPSA) is 38.0 Å². The van der Waals surface area contributed by atoms with Gasteiger partial charge in [-0.2, -0.15) is 13.2 Å². The third kappa shape index (κ3) is 4.44. The van der Waals surface area contributed by atoms with Gasteiger partial charge in [0.25, 0.3) is 0 Å². The Morgan fingerprint density at radius 3 is 2.38 bits per heavy atom. The monoisotopic (exact) mass is 364 g/mol. The summed E-state index contributed by atoms with van der Waals surface area (Å²) in [6.45, 7) is 0. The van der Waals surface area contributed by atoms with E-state index in [1.54, 1.807) is 0 Å². The molecule has 1 fully saturated rings. The highest BCUT2D eigenvalue weighted by molar-refractivity contribution is 9.10. The van der Waals surface area contributed by atoms with E-state index in [9.17, 15) is 13.2 Å². The van der Waals surface area contributed by atoms with Gasteiger partial charge in [0.05, 0.1) is 5.92 Å². The van der Waals surface area contributed by atoms with Crippen LogP contribution < -0.4 is 11.3 Å². The van der Waals surface area contributed by atoms with Gasteiger partial charge in [0, 0.05) is 10.5 Å². The molecule has 0 saturated heterocycles. The molecular formula is C15H20BrF3N2. The number of benzene rings is 1. The summed E-state index contributed by atoms with van der Waals surface area (Å²) in [5.41, 5.74) is 3.62. The van der Waals surface area contributed by atoms with Crippen LogP contribution >= 0.6 is 15.9 Å². The fourth-order valence-electron chi connectivity index (χ4n) is 3.26. The first-order valence-corrected chi connectivity index (χ1v) is 7.98. The van der Waals surface area contributed by atoms with Gasteiger partial charge in [-0.25, -0.2) is 0 Å². The lowest BCUT2D eigenvalue weighted by atomic mass is 9.73. The van der Waals surface area contributed by atoms with E-state index in [0.29, 0.717) is 19.3 Å². The van der Waals surface area contributed by atoms with Gasteiger partial charge in [-0.1, -0.05) is 40.9 Å². The third-order valence-electron chi connectivity index (χ3n) is 4.34. The Balaban J connectivity index is 2.12. The maximum Gasteiger partial charge on any atom is 0.392 e. The van der Waals surface area contributed by atoms with Crippen LogP contribution in [0, 0.1) is 11.8 Å². The maximum absolute atomic E-state index is 13.2. The SMILES string of the molecule is NNC(Cc1ccc(Br)cc1)C1CCCCC1C(F)(F)F. The summed E-state index contributed by atoms with van der Waals surface area (Å²) in [5, 5.41) is 0. The van der Waals surface area contributed by atoms with Crippen molar-refractivity contribution in [3.8, 4) is 0 Å². The van der Waals surface area contributed by atoms with Crippen molar-refractivity contribution < 1.29 is 13.2 Å². The van der Waals surface area contributed by atoms with Crippen LogP contribution in [-0.4, -0.2) is 12.2 Å². The minimum Gasteiger partial charge on any atom is -0.271 e. The highest BCUT2D eigenvalue weighted by Gasteiger charge is 2.47. The molecule has 0 radical (unpaired) electrons. The van der Waals surface area contributed by atoms with Crippen LogP contribution in [0.25, 0.3) is 0 Å². The molecule has 1 aromatic carbocycles. The molecule has 1 aliphatic carbocycles. The van der Waals surface area contributed by atoms with Gasteiger partial charge < -0.3 is 0 Å². The molecule has 3 N–H and O–H groups in total. The van der Waals surface area contributed by atoms with Crippen molar-refractivity contribution in [2.75, 3.05) is 0 Å². The van der Waals surface area contributed by atoms with Crippen molar-refractivity contribution in [1.29, 1.82) is 0 Å². The molecule has 0 heterocycles. The van der Waals surface area contributed by atoms with E-state index < -0.39 is 18.0 Å². The van der Waals surface area contributed by atoms with E-state index in [4.69, 9.17) is 5.84 Å². The third-order valence-corrected chi connectivity index (χ3v) is 4.87. The van der Waals surface area contributed by atoms with E-state index in [0.717, 1.165) is 16.5 Å². The molecule has 0 aliphatic heterocycles. The average Bonchev–Trinajstić information content (AvgIpc) is 2.46. The van der Waals surface area contributed by atoms with E-state index in [1.165, 1.54) is 0 Å². The maximum atomic E-state index is 13.2. The van der Waals surface area contributed by atoms with Gasteiger partial charge in [-0.05, 0) is 42.9 Å². The molecular weight excluding hydrogens is 345 g/mol. The summed E-state index contributed by atoms with van der Waals surface area (Å²) in [7, 11) is 0. The predicted octanol–water partition coefficient (Wildman–Crippen LogP) is 4.19. The van der Waals surface area contributed by atoms with E-state index >= 15 is 0 Å². The van der Waals surface area contributed by atoms with Gasteiger partial charge in [0.2, 0.25) is 0 Å². The molecule has 0 aromatic heterocycles. The second-order valence-electron chi connectivity index (χ2n) is 5.70. The standard InChI is InChI=1S/C15H20BrF3N2/c16-11-7-5-10(6-8-11)9-14(21-20)12-3-1-2-4-13(12)15(17,18)19/h5-8,12-14,21H,1-4,9,20H2. The van der Waals surface area contributed by atoms with Crippen LogP contribution in [0.2, 0.25) is 0 Å². The van der Waals surface area contributed by atoms with Gasteiger partial charge in [0.1, 0.15) is 0 Å². The van der Waals surface area contributed by atoms with Gasteiger partial charge >= 0.3 is 6.18 Å². The predicted molar refractivity (Wildman–Crippen MR) is 80.5 cm³/mol. The zero-order chi connectivity index (χ0) is 15.5. The zero-order valence-electron chi connectivity index (χ0n) is 11.7. The van der Waals surface area contributed by atoms with E-state index in [-0.39, 0.29) is 12.5 Å². The highest BCUT2D eigenvalue weighted by atomic mass is 79.9. The molecule has 1 aromatic rings. The number of halogens is 4. The van der Waals surface area contributed by atoms with Crippen LogP contribution in [0.5, 0.6) is 0 Å². The molecule has 0 bridgehead atoms. The first-order valence-electron chi connectivity index (χ1n) is 7.19. The minimum atomic E-state index is -4.14. The molecule has 2 nitrogen and oxygen atoms in total. The smallest absolute Gasteiger partial charge is 0.271 e. The summed E-state index contributed by atoms with van der Waals surface area (Å²) in [6.07, 6.45) is -1.34. The van der Waals surface area contributed by atoms with Crippen molar-refractivity contribution in [1.82, 2.24) is 5.43 Å². The second-order valence-corrected chi connectivity index (χ2v) is 6.62. The highest BCUT2D eigenvalue weighted by Crippen LogP contribution is 2.43. The fraction of sp³-hybridized carbons (Fsp3) is 0.600. The lowest BCUT2D eigenvalue weighted by Gasteiger charge is -2.38. The summed E-state index contributed by atoms with van der Waals surface area (Å²) in [6, 6.07) is 7.27. The van der Waals surface area contributed by atoms with E-state index in [1.807, 2.05) is 24.3 Å². The van der Waals surface area contributed by atoms with Crippen molar-refractivity contribution in [3.05, 3.63) is 34.3 Å². The minimum absolute atomic E-state index is 0.215. The fourth-order valence-corrected chi connectivity index (χ4v) is 3.52. The first-order chi connectivity index (χ1) is 9.91. The number of rotatable bonds is 4. The van der Waals surface area contributed by atoms with E-state index in [2.05, 4.69) is 21.4 Å². The van der Waals surface area contributed by atoms with Crippen molar-refractivity contribution in [3.63, 3.8) is 0 Å². The van der Waals surface area contributed by atoms with Crippen molar-refractivity contribution >= 4 is 15.9 Å². The number of hydrogen-bond acceptors (Lipinski definition) is 2. The molecule has 118 valence electrons. The Morgan fingerprint density at radius 1 is 1.19 bits per heavy atom. The molecule has 6 heteroatoms. The summed E-state index contributed by atoms with van der Waals surface area (Å²) < 4.78 is 40.6. The molecule has 0 amide bonds. The second kappa shape index (κ2) is 7.11. The van der Waals surface area contributed by atoms with Gasteiger partial charge in [-0.15, -0.1) is 0 Å². The van der Waals surface area contributed by atoms with Crippen LogP contribution in [-0.2, 0) is 6.42 Å². The Labute approximate surface area is 131 Å². The molecule has 1 saturated carbocycles. The van der Waals surface area contributed by atoms with Crippen LogP contribution in [0.15, 0.2) is 28.7 Å². The van der Waals surface area contributed by atoms with Gasteiger partial charge in [0.15, 0.2) is 0 Å². The zero-order valence-corrected chi connectivity index (χ0v) is 13.3. The normalized spacial score (nSPS) is 24.8. The average molecular weight is 365 g/mol. The lowest BCUT2D eigenvalue weighted by Crippen LogP contribution is -2.49. The number of hydrogen-bond donors (Lipinski definition) is 2. The number of hydrazine groups is 1. The summed E-state index contributed by atoms with van der Waals surface area (Å²) in [5.74, 6) is 3.86. The number of nitrogens with two attached hydrogens (primary N) is 1. The van der Waals surface area contributed by atoms with Crippen LogP contribution in [0.1, 0.15) is 31.2 Å². The van der Waals surface area contributed by atoms with Crippen LogP contribution in [0.3, 0.4) is 0 Å². The number of nitrogens with one attached hydrogen (secondary N) is 1. The Morgan fingerprint density at radius 2 is 1.81 bits per heavy atom. The lowest BCUT2D eigenvalue weighted by molar-refractivity contribution is -0.199. The largest absolute Gasteiger partial charge is 0.392 e. The number of alkyl halides is 3. The molecule has 0 spiro atoms. The molecule has 3 unspecified atom stereocenters. The van der Waals surface area contributed by atoms with Crippen molar-refractivity contribution in [2.45, 2.75) is 44.3 Å². The van der Waals surface area contributed by atoms with Crippen molar-refractivity contribution in [2.24, 2.45) is 17.7 Å². The molecule has 2 rings (SSSR count). The Bertz CT molecular complexity index is 447. The summed E-state index contributed by atoms with van der Waals surface area (Å²) in [4.78, 5) is 0. The first kappa shape index (κ1) is 16.8. The van der Waals surface area contributed by atoms with Gasteiger partial charge in [-0.3, -0.25) is 11.3 Å². The Kier molecular flexibility index (Phi) is 5.68.